The molecule has 3 aromatic carbocycles. The van der Waals surface area contributed by atoms with Gasteiger partial charge >= 0.3 is 0 Å². The zero-order chi connectivity index (χ0) is 22.3. The van der Waals surface area contributed by atoms with Crippen molar-refractivity contribution in [3.63, 3.8) is 0 Å². The second kappa shape index (κ2) is 9.97. The van der Waals surface area contributed by atoms with Gasteiger partial charge in [0.25, 0.3) is 0 Å². The quantitative estimate of drug-likeness (QED) is 0.395. The Bertz CT molecular complexity index is 1180. The maximum absolute atomic E-state index is 12.7. The van der Waals surface area contributed by atoms with Crippen molar-refractivity contribution in [2.45, 2.75) is 17.3 Å². The van der Waals surface area contributed by atoms with Crippen LogP contribution in [0.1, 0.15) is 6.92 Å². The summed E-state index contributed by atoms with van der Waals surface area (Å²) in [7, 11) is 1.59. The van der Waals surface area contributed by atoms with Crippen LogP contribution in [0.3, 0.4) is 0 Å². The van der Waals surface area contributed by atoms with Gasteiger partial charge in [0, 0.05) is 5.69 Å². The lowest BCUT2D eigenvalue weighted by Crippen LogP contribution is -2.22. The predicted molar refractivity (Wildman–Crippen MR) is 123 cm³/mol. The minimum atomic E-state index is -0.435. The van der Waals surface area contributed by atoms with Crippen LogP contribution >= 0.6 is 11.8 Å². The number of benzene rings is 3. The summed E-state index contributed by atoms with van der Waals surface area (Å²) in [5.41, 5.74) is 1.37. The molecule has 0 saturated carbocycles. The molecule has 4 rings (SSSR count). The second-order valence-electron chi connectivity index (χ2n) is 6.73. The number of hydrogen-bond acceptors (Lipinski definition) is 7. The summed E-state index contributed by atoms with van der Waals surface area (Å²) in [5.74, 6) is 1.91. The van der Waals surface area contributed by atoms with Crippen LogP contribution in [0.15, 0.2) is 84.0 Å². The molecule has 0 aliphatic heterocycles. The van der Waals surface area contributed by atoms with Crippen molar-refractivity contribution >= 4 is 23.4 Å². The molecule has 8 nitrogen and oxygen atoms in total. The number of ether oxygens (including phenoxy) is 2. The summed E-state index contributed by atoms with van der Waals surface area (Å²) in [6.45, 7) is 1.80. The largest absolute Gasteiger partial charge is 0.494 e. The molecule has 1 N–H and O–H groups in total. The van der Waals surface area contributed by atoms with E-state index in [9.17, 15) is 4.79 Å². The number of aromatic nitrogens is 4. The molecule has 32 heavy (non-hydrogen) atoms. The molecule has 0 fully saturated rings. The van der Waals surface area contributed by atoms with Gasteiger partial charge in [0.15, 0.2) is 0 Å². The third-order valence-electron chi connectivity index (χ3n) is 4.51. The minimum Gasteiger partial charge on any atom is -0.494 e. The average molecular weight is 448 g/mol. The summed E-state index contributed by atoms with van der Waals surface area (Å²) >= 11 is 1.26. The molecule has 9 heteroatoms. The number of anilines is 1. The molecule has 1 amide bonds. The van der Waals surface area contributed by atoms with Crippen molar-refractivity contribution in [3.8, 4) is 22.9 Å². The van der Waals surface area contributed by atoms with E-state index in [1.54, 1.807) is 30.8 Å². The van der Waals surface area contributed by atoms with Gasteiger partial charge in [0.1, 0.15) is 22.9 Å². The number of hydrogen-bond donors (Lipinski definition) is 1. The van der Waals surface area contributed by atoms with Gasteiger partial charge in [-0.1, -0.05) is 42.1 Å². The molecule has 0 radical (unpaired) electrons. The highest BCUT2D eigenvalue weighted by Gasteiger charge is 2.20. The molecule has 4 aromatic rings. The van der Waals surface area contributed by atoms with E-state index in [-0.39, 0.29) is 5.91 Å². The molecule has 0 bridgehead atoms. The van der Waals surface area contributed by atoms with Gasteiger partial charge < -0.3 is 14.8 Å². The molecule has 1 unspecified atom stereocenters. The van der Waals surface area contributed by atoms with Crippen molar-refractivity contribution in [2.75, 3.05) is 12.4 Å². The molecular formula is C23H21N5O3S. The summed E-state index contributed by atoms with van der Waals surface area (Å²) in [6.07, 6.45) is 0. The Balaban J connectivity index is 1.39. The number of nitrogens with zero attached hydrogens (tertiary/aromatic N) is 4. The summed E-state index contributed by atoms with van der Waals surface area (Å²) < 4.78 is 12.7. The molecule has 0 aliphatic carbocycles. The fourth-order valence-electron chi connectivity index (χ4n) is 2.89. The SMILES string of the molecule is COc1ccccc1-n1nnnc1SC(C)C(=O)Nc1ccc(Oc2ccccc2)cc1. The van der Waals surface area contributed by atoms with Crippen LogP contribution in [0.4, 0.5) is 5.69 Å². The molecule has 1 aromatic heterocycles. The Morgan fingerprint density at radius 2 is 1.66 bits per heavy atom. The van der Waals surface area contributed by atoms with E-state index in [0.717, 1.165) is 5.75 Å². The molecule has 1 heterocycles. The van der Waals surface area contributed by atoms with Gasteiger partial charge in [-0.2, -0.15) is 4.68 Å². The van der Waals surface area contributed by atoms with Crippen molar-refractivity contribution in [1.82, 2.24) is 20.2 Å². The van der Waals surface area contributed by atoms with Crippen LogP contribution in [0.2, 0.25) is 0 Å². The van der Waals surface area contributed by atoms with Crippen molar-refractivity contribution in [3.05, 3.63) is 78.9 Å². The monoisotopic (exact) mass is 447 g/mol. The van der Waals surface area contributed by atoms with Gasteiger partial charge in [-0.3, -0.25) is 4.79 Å². The highest BCUT2D eigenvalue weighted by molar-refractivity contribution is 8.00. The van der Waals surface area contributed by atoms with Gasteiger partial charge in [0.05, 0.1) is 12.4 Å². The molecule has 0 spiro atoms. The number of amides is 1. The van der Waals surface area contributed by atoms with Crippen LogP contribution in [0, 0.1) is 0 Å². The smallest absolute Gasteiger partial charge is 0.237 e. The van der Waals surface area contributed by atoms with Gasteiger partial charge in [-0.15, -0.1) is 5.10 Å². The van der Waals surface area contributed by atoms with E-state index >= 15 is 0 Å². The second-order valence-corrected chi connectivity index (χ2v) is 8.04. The third kappa shape index (κ3) is 5.06. The minimum absolute atomic E-state index is 0.165. The van der Waals surface area contributed by atoms with E-state index in [2.05, 4.69) is 20.8 Å². The average Bonchev–Trinajstić information content (AvgIpc) is 3.28. The number of carbonyl (C=O) groups excluding carboxylic acids is 1. The first-order valence-electron chi connectivity index (χ1n) is 9.86. The lowest BCUT2D eigenvalue weighted by Gasteiger charge is -2.13. The number of para-hydroxylation sites is 3. The van der Waals surface area contributed by atoms with Crippen LogP contribution in [0.25, 0.3) is 5.69 Å². The number of tetrazole rings is 1. The predicted octanol–water partition coefficient (Wildman–Crippen LogP) is 4.58. The van der Waals surface area contributed by atoms with Crippen LogP contribution in [-0.4, -0.2) is 38.5 Å². The van der Waals surface area contributed by atoms with Crippen LogP contribution in [0.5, 0.6) is 17.2 Å². The van der Waals surface area contributed by atoms with E-state index in [4.69, 9.17) is 9.47 Å². The maximum atomic E-state index is 12.7. The Kier molecular flexibility index (Phi) is 6.66. The standard InChI is InChI=1S/C23H21N5O3S/c1-16(32-23-25-26-27-28(23)20-10-6-7-11-21(20)30-2)22(29)24-17-12-14-19(15-13-17)31-18-8-4-3-5-9-18/h3-16H,1-2H3,(H,24,29). The summed E-state index contributed by atoms with van der Waals surface area (Å²) in [6, 6.07) is 24.1. The lowest BCUT2D eigenvalue weighted by atomic mass is 10.3. The first-order valence-corrected chi connectivity index (χ1v) is 10.7. The van der Waals surface area contributed by atoms with E-state index < -0.39 is 5.25 Å². The Morgan fingerprint density at radius 1 is 0.969 bits per heavy atom. The lowest BCUT2D eigenvalue weighted by molar-refractivity contribution is -0.115. The Hall–Kier alpha value is -3.85. The van der Waals surface area contributed by atoms with Gasteiger partial charge in [-0.25, -0.2) is 0 Å². The molecule has 162 valence electrons. The fraction of sp³-hybridized carbons (Fsp3) is 0.130. The highest BCUT2D eigenvalue weighted by Crippen LogP contribution is 2.28. The molecule has 0 aliphatic rings. The third-order valence-corrected chi connectivity index (χ3v) is 5.54. The van der Waals surface area contributed by atoms with E-state index in [1.165, 1.54) is 11.8 Å². The molecular weight excluding hydrogens is 426 g/mol. The van der Waals surface area contributed by atoms with Crippen molar-refractivity contribution < 1.29 is 14.3 Å². The summed E-state index contributed by atoms with van der Waals surface area (Å²) in [5, 5.41) is 14.8. The van der Waals surface area contributed by atoms with Crippen molar-refractivity contribution in [2.24, 2.45) is 0 Å². The topological polar surface area (TPSA) is 91.2 Å². The zero-order valence-corrected chi connectivity index (χ0v) is 18.3. The fourth-order valence-corrected chi connectivity index (χ4v) is 3.70. The Morgan fingerprint density at radius 3 is 2.41 bits per heavy atom. The Labute approximate surface area is 189 Å². The van der Waals surface area contributed by atoms with Gasteiger partial charge in [0.2, 0.25) is 11.1 Å². The van der Waals surface area contributed by atoms with E-state index in [0.29, 0.717) is 28.0 Å². The normalized spacial score (nSPS) is 11.6. The number of thioether (sulfide) groups is 1. The maximum Gasteiger partial charge on any atom is 0.237 e. The number of carbonyl (C=O) groups is 1. The van der Waals surface area contributed by atoms with Crippen LogP contribution < -0.4 is 14.8 Å². The first kappa shape index (κ1) is 21.4. The van der Waals surface area contributed by atoms with Gasteiger partial charge in [-0.05, 0) is 65.9 Å². The zero-order valence-electron chi connectivity index (χ0n) is 17.5. The van der Waals surface area contributed by atoms with Crippen molar-refractivity contribution in [1.29, 1.82) is 0 Å². The number of nitrogens with one attached hydrogen (secondary N) is 1. The van der Waals surface area contributed by atoms with Crippen LogP contribution in [-0.2, 0) is 4.79 Å². The van der Waals surface area contributed by atoms with E-state index in [1.807, 2.05) is 66.7 Å². The first-order chi connectivity index (χ1) is 15.6. The molecule has 0 saturated heterocycles. The number of rotatable bonds is 8. The number of methoxy groups -OCH3 is 1. The highest BCUT2D eigenvalue weighted by atomic mass is 32.2. The summed E-state index contributed by atoms with van der Waals surface area (Å²) in [4.78, 5) is 12.7. The molecule has 1 atom stereocenters.